The van der Waals surface area contributed by atoms with Gasteiger partial charge in [0.25, 0.3) is 5.79 Å². The molecule has 3 aromatic carbocycles. The summed E-state index contributed by atoms with van der Waals surface area (Å²) >= 11 is 0. The van der Waals surface area contributed by atoms with E-state index in [1.807, 2.05) is 32.9 Å². The van der Waals surface area contributed by atoms with Crippen molar-refractivity contribution in [1.29, 1.82) is 0 Å². The van der Waals surface area contributed by atoms with Crippen LogP contribution in [0, 0.1) is 0 Å². The van der Waals surface area contributed by atoms with Crippen LogP contribution in [0.15, 0.2) is 60.2 Å². The number of hydrogen-bond donors (Lipinski definition) is 5. The van der Waals surface area contributed by atoms with Crippen LogP contribution >= 0.6 is 0 Å². The largest absolute Gasteiger partial charge is 0.508 e. The molecule has 2 bridgehead atoms. The molecule has 4 atom stereocenters. The number of aliphatic hydroxyl groups is 1. The number of rotatable bonds is 3. The van der Waals surface area contributed by atoms with Crippen molar-refractivity contribution < 1.29 is 44.5 Å². The molecule has 3 aromatic rings. The van der Waals surface area contributed by atoms with E-state index in [0.29, 0.717) is 24.2 Å². The molecule has 5 N–H and O–H groups in total. The number of ether oxygens (including phenoxy) is 3. The average molecular weight is 571 g/mol. The van der Waals surface area contributed by atoms with Crippen molar-refractivity contribution >= 4 is 11.4 Å². The number of aromatic hydroxyl groups is 4. The summed E-state index contributed by atoms with van der Waals surface area (Å²) in [6.07, 6.45) is 4.56. The van der Waals surface area contributed by atoms with Crippen molar-refractivity contribution in [1.82, 2.24) is 0 Å². The highest BCUT2D eigenvalue weighted by Crippen LogP contribution is 2.60. The van der Waals surface area contributed by atoms with Gasteiger partial charge < -0.3 is 39.7 Å². The van der Waals surface area contributed by atoms with Crippen LogP contribution < -0.4 is 14.2 Å². The molecule has 0 fully saturated rings. The number of fused-ring (bicyclic) bond motifs is 8. The van der Waals surface area contributed by atoms with Gasteiger partial charge in [-0.1, -0.05) is 17.7 Å². The van der Waals surface area contributed by atoms with Crippen LogP contribution in [0.3, 0.4) is 0 Å². The number of carbonyl (C=O) groups is 1. The van der Waals surface area contributed by atoms with Gasteiger partial charge >= 0.3 is 0 Å². The molecule has 216 valence electrons. The van der Waals surface area contributed by atoms with E-state index in [2.05, 4.69) is 0 Å². The van der Waals surface area contributed by atoms with Gasteiger partial charge in [-0.15, -0.1) is 0 Å². The fourth-order valence-electron chi connectivity index (χ4n) is 6.90. The Kier molecular flexibility index (Phi) is 5.29. The second kappa shape index (κ2) is 8.45. The Morgan fingerprint density at radius 1 is 0.929 bits per heavy atom. The number of carbonyl (C=O) groups excluding carboxylic acids is 1. The molecule has 4 aliphatic rings. The fourth-order valence-corrected chi connectivity index (χ4v) is 6.90. The molecule has 0 spiro atoms. The number of allylic oxidation sites excluding steroid dienone is 2. The van der Waals surface area contributed by atoms with Gasteiger partial charge in [0, 0.05) is 24.6 Å². The lowest BCUT2D eigenvalue weighted by molar-refractivity contribution is -0.221. The number of phenols is 4. The van der Waals surface area contributed by atoms with Gasteiger partial charge in [-0.25, -0.2) is 0 Å². The standard InChI is InChI=1S/C33H30O9/c1-16(2)8-9-32-30(38)28-26(42-33(32,39)22-7-5-20(35)12-25(22)41-32)13-23(36)27(29(28)37)18-10-17-14-31(3,15-18)40-24-11-19(34)4-6-21(17)24/h4-8,11-13,15,17,34-37,39H,9-10,14H2,1-3H3. The first-order valence-corrected chi connectivity index (χ1v) is 13.8. The third-order valence-corrected chi connectivity index (χ3v) is 8.75. The first kappa shape index (κ1) is 26.3. The first-order valence-electron chi connectivity index (χ1n) is 13.8. The van der Waals surface area contributed by atoms with Crippen LogP contribution in [0.4, 0.5) is 0 Å². The van der Waals surface area contributed by atoms with E-state index in [9.17, 15) is 30.3 Å². The lowest BCUT2D eigenvalue weighted by atomic mass is 9.72. The lowest BCUT2D eigenvalue weighted by Gasteiger charge is -2.44. The fraction of sp³-hybridized carbons (Fsp3) is 0.303. The molecular formula is C33H30O9. The molecular weight excluding hydrogens is 540 g/mol. The number of phenolic OH excluding ortho intramolecular Hbond substituents is 4. The Morgan fingerprint density at radius 2 is 1.64 bits per heavy atom. The molecule has 1 aliphatic carbocycles. The van der Waals surface area contributed by atoms with Crippen molar-refractivity contribution in [2.75, 3.05) is 0 Å². The predicted octanol–water partition coefficient (Wildman–Crippen LogP) is 5.53. The SMILES string of the molecule is CC(C)=CCC12Oc3cc(O)ccc3C1(O)Oc1cc(O)c(C3=CC4(C)CC(C3)c3ccc(O)cc3O4)c(O)c1C2=O. The minimum absolute atomic E-state index is 0.0319. The van der Waals surface area contributed by atoms with Gasteiger partial charge in [0.2, 0.25) is 11.4 Å². The van der Waals surface area contributed by atoms with Crippen LogP contribution in [0.1, 0.15) is 73.0 Å². The maximum Gasteiger partial charge on any atom is 0.286 e. The van der Waals surface area contributed by atoms with Crippen molar-refractivity contribution in [3.05, 3.63) is 82.4 Å². The molecule has 3 heterocycles. The highest BCUT2D eigenvalue weighted by Gasteiger charge is 2.69. The van der Waals surface area contributed by atoms with Crippen LogP contribution in [0.2, 0.25) is 0 Å². The normalized spacial score (nSPS) is 28.1. The molecule has 9 heteroatoms. The highest BCUT2D eigenvalue weighted by atomic mass is 16.7. The summed E-state index contributed by atoms with van der Waals surface area (Å²) in [4.78, 5) is 14.4. The van der Waals surface area contributed by atoms with Gasteiger partial charge in [0.15, 0.2) is 0 Å². The van der Waals surface area contributed by atoms with E-state index < -0.39 is 28.5 Å². The Bertz CT molecular complexity index is 1770. The molecule has 9 nitrogen and oxygen atoms in total. The second-order valence-corrected chi connectivity index (χ2v) is 12.1. The van der Waals surface area contributed by atoms with E-state index in [0.717, 1.165) is 11.1 Å². The summed E-state index contributed by atoms with van der Waals surface area (Å²) in [6.45, 7) is 5.57. The molecule has 0 aromatic heterocycles. The van der Waals surface area contributed by atoms with Gasteiger partial charge in [0.05, 0.1) is 11.1 Å². The van der Waals surface area contributed by atoms with E-state index >= 15 is 0 Å². The summed E-state index contributed by atoms with van der Waals surface area (Å²) in [5.41, 5.74) is -0.463. The third-order valence-electron chi connectivity index (χ3n) is 8.75. The molecule has 0 amide bonds. The monoisotopic (exact) mass is 570 g/mol. The molecule has 0 saturated carbocycles. The topological polar surface area (TPSA) is 146 Å². The highest BCUT2D eigenvalue weighted by molar-refractivity contribution is 6.11. The molecule has 0 radical (unpaired) electrons. The van der Waals surface area contributed by atoms with Crippen LogP contribution in [0.5, 0.6) is 40.2 Å². The van der Waals surface area contributed by atoms with E-state index in [1.54, 1.807) is 18.2 Å². The molecule has 3 aliphatic heterocycles. The van der Waals surface area contributed by atoms with Crippen molar-refractivity contribution in [3.63, 3.8) is 0 Å². The summed E-state index contributed by atoms with van der Waals surface area (Å²) in [5.74, 6) is -3.45. The zero-order valence-electron chi connectivity index (χ0n) is 23.3. The van der Waals surface area contributed by atoms with Crippen LogP contribution in [-0.4, -0.2) is 42.5 Å². The van der Waals surface area contributed by atoms with Gasteiger partial charge in [-0.05, 0) is 74.9 Å². The first-order chi connectivity index (χ1) is 19.8. The Morgan fingerprint density at radius 3 is 2.38 bits per heavy atom. The van der Waals surface area contributed by atoms with E-state index in [4.69, 9.17) is 14.2 Å². The van der Waals surface area contributed by atoms with Crippen molar-refractivity contribution in [2.24, 2.45) is 0 Å². The van der Waals surface area contributed by atoms with Gasteiger partial charge in [0.1, 0.15) is 51.4 Å². The predicted molar refractivity (Wildman–Crippen MR) is 151 cm³/mol. The Hall–Kier alpha value is -4.63. The average Bonchev–Trinajstić information content (AvgIpc) is 3.14. The second-order valence-electron chi connectivity index (χ2n) is 12.1. The molecule has 4 unspecified atom stereocenters. The van der Waals surface area contributed by atoms with Crippen LogP contribution in [0.25, 0.3) is 5.57 Å². The third kappa shape index (κ3) is 3.49. The number of benzene rings is 3. The van der Waals surface area contributed by atoms with Crippen LogP contribution in [-0.2, 0) is 5.79 Å². The minimum atomic E-state index is -2.30. The zero-order chi connectivity index (χ0) is 29.8. The quantitative estimate of drug-likeness (QED) is 0.257. The van der Waals surface area contributed by atoms with Crippen molar-refractivity contribution in [2.45, 2.75) is 62.9 Å². The summed E-state index contributed by atoms with van der Waals surface area (Å²) in [5, 5.41) is 55.0. The summed E-state index contributed by atoms with van der Waals surface area (Å²) in [7, 11) is 0. The zero-order valence-corrected chi connectivity index (χ0v) is 23.3. The minimum Gasteiger partial charge on any atom is -0.508 e. The van der Waals surface area contributed by atoms with Crippen molar-refractivity contribution in [3.8, 4) is 40.2 Å². The molecule has 7 rings (SSSR count). The maximum absolute atomic E-state index is 14.4. The molecule has 0 saturated heterocycles. The number of hydrogen-bond acceptors (Lipinski definition) is 9. The van der Waals surface area contributed by atoms with Gasteiger partial charge in [-0.2, -0.15) is 0 Å². The molecule has 42 heavy (non-hydrogen) atoms. The van der Waals surface area contributed by atoms with E-state index in [1.165, 1.54) is 24.3 Å². The summed E-state index contributed by atoms with van der Waals surface area (Å²) < 4.78 is 18.5. The number of Topliss-reactive ketones (excluding diaryl/α,β-unsaturated/α-hetero) is 1. The van der Waals surface area contributed by atoms with Gasteiger partial charge in [-0.3, -0.25) is 4.79 Å². The van der Waals surface area contributed by atoms with E-state index in [-0.39, 0.29) is 57.8 Å². The summed E-state index contributed by atoms with van der Waals surface area (Å²) in [6, 6.07) is 10.3. The Balaban J connectivity index is 1.38. The Labute approximate surface area is 241 Å². The smallest absolute Gasteiger partial charge is 0.286 e. The maximum atomic E-state index is 14.4. The number of ketones is 1. The lowest BCUT2D eigenvalue weighted by Crippen LogP contribution is -2.62.